The molecule has 1 amide bonds. The molecule has 2 aromatic carbocycles. The summed E-state index contributed by atoms with van der Waals surface area (Å²) in [5.74, 6) is -0.109. The first-order valence-corrected chi connectivity index (χ1v) is 9.88. The average molecular weight is 409 g/mol. The molecule has 150 valence electrons. The number of ketones is 1. The zero-order chi connectivity index (χ0) is 21.3. The third kappa shape index (κ3) is 4.43. The largest absolute Gasteiger partial charge is 0.344 e. The lowest BCUT2D eigenvalue weighted by Gasteiger charge is -2.11. The van der Waals surface area contributed by atoms with E-state index in [1.165, 1.54) is 6.92 Å². The SMILES string of the molecule is CC(=O)Nc1ccc(Cc2cc(C)c(C(=O)c3ccc(C)cc3C)n2C)c(Cl)c1. The van der Waals surface area contributed by atoms with Crippen LogP contribution in [0.5, 0.6) is 0 Å². The fourth-order valence-corrected chi connectivity index (χ4v) is 3.93. The van der Waals surface area contributed by atoms with E-state index in [9.17, 15) is 9.59 Å². The monoisotopic (exact) mass is 408 g/mol. The van der Waals surface area contributed by atoms with Gasteiger partial charge in [0.15, 0.2) is 0 Å². The van der Waals surface area contributed by atoms with Crippen LogP contribution in [0.25, 0.3) is 0 Å². The highest BCUT2D eigenvalue weighted by molar-refractivity contribution is 6.31. The first-order valence-electron chi connectivity index (χ1n) is 9.50. The first kappa shape index (κ1) is 20.9. The number of benzene rings is 2. The van der Waals surface area contributed by atoms with Crippen molar-refractivity contribution in [2.75, 3.05) is 5.32 Å². The molecule has 0 unspecified atom stereocenters. The number of carbonyl (C=O) groups is 2. The van der Waals surface area contributed by atoms with Gasteiger partial charge < -0.3 is 9.88 Å². The predicted octanol–water partition coefficient (Wildman–Crippen LogP) is 5.38. The van der Waals surface area contributed by atoms with E-state index in [1.807, 2.05) is 68.8 Å². The summed E-state index contributed by atoms with van der Waals surface area (Å²) in [5.41, 5.74) is 7.09. The molecule has 0 aliphatic heterocycles. The van der Waals surface area contributed by atoms with Crippen LogP contribution in [0.3, 0.4) is 0 Å². The Kier molecular flexibility index (Phi) is 5.94. The van der Waals surface area contributed by atoms with E-state index in [-0.39, 0.29) is 11.7 Å². The molecule has 0 aliphatic rings. The van der Waals surface area contributed by atoms with Crippen LogP contribution in [0.4, 0.5) is 5.69 Å². The van der Waals surface area contributed by atoms with Crippen molar-refractivity contribution in [1.82, 2.24) is 4.57 Å². The number of nitrogens with zero attached hydrogens (tertiary/aromatic N) is 1. The van der Waals surface area contributed by atoms with Gasteiger partial charge in [0.25, 0.3) is 0 Å². The van der Waals surface area contributed by atoms with Crippen molar-refractivity contribution < 1.29 is 9.59 Å². The van der Waals surface area contributed by atoms with Crippen LogP contribution in [-0.2, 0) is 18.3 Å². The summed E-state index contributed by atoms with van der Waals surface area (Å²) in [6, 6.07) is 13.4. The van der Waals surface area contributed by atoms with Gasteiger partial charge in [0.2, 0.25) is 11.7 Å². The maximum atomic E-state index is 13.2. The van der Waals surface area contributed by atoms with E-state index in [1.54, 1.807) is 6.07 Å². The second-order valence-corrected chi connectivity index (χ2v) is 7.95. The number of rotatable bonds is 5. The third-order valence-electron chi connectivity index (χ3n) is 5.11. The maximum absolute atomic E-state index is 13.2. The van der Waals surface area contributed by atoms with Crippen molar-refractivity contribution in [3.63, 3.8) is 0 Å². The van der Waals surface area contributed by atoms with Crippen molar-refractivity contribution in [2.45, 2.75) is 34.1 Å². The molecule has 1 N–H and O–H groups in total. The van der Waals surface area contributed by atoms with Gasteiger partial charge in [0.1, 0.15) is 0 Å². The minimum Gasteiger partial charge on any atom is -0.344 e. The van der Waals surface area contributed by atoms with E-state index in [0.717, 1.165) is 33.5 Å². The number of hydrogen-bond acceptors (Lipinski definition) is 2. The Morgan fingerprint density at radius 1 is 1.00 bits per heavy atom. The molecule has 0 saturated heterocycles. The Labute approximate surface area is 176 Å². The molecule has 3 rings (SSSR count). The number of amides is 1. The summed E-state index contributed by atoms with van der Waals surface area (Å²) in [6.45, 7) is 7.41. The second kappa shape index (κ2) is 8.26. The number of carbonyl (C=O) groups excluding carboxylic acids is 2. The van der Waals surface area contributed by atoms with Crippen LogP contribution in [-0.4, -0.2) is 16.3 Å². The zero-order valence-corrected chi connectivity index (χ0v) is 18.1. The van der Waals surface area contributed by atoms with Gasteiger partial charge in [-0.15, -0.1) is 0 Å². The quantitative estimate of drug-likeness (QED) is 0.576. The second-order valence-electron chi connectivity index (χ2n) is 7.54. The molecule has 0 radical (unpaired) electrons. The van der Waals surface area contributed by atoms with Gasteiger partial charge >= 0.3 is 0 Å². The van der Waals surface area contributed by atoms with Gasteiger partial charge in [-0.1, -0.05) is 41.4 Å². The number of aromatic nitrogens is 1. The Morgan fingerprint density at radius 3 is 2.34 bits per heavy atom. The Morgan fingerprint density at radius 2 is 1.72 bits per heavy atom. The van der Waals surface area contributed by atoms with E-state index < -0.39 is 0 Å². The highest BCUT2D eigenvalue weighted by atomic mass is 35.5. The van der Waals surface area contributed by atoms with Gasteiger partial charge in [-0.2, -0.15) is 0 Å². The summed E-state index contributed by atoms with van der Waals surface area (Å²) in [5, 5.41) is 3.31. The number of hydrogen-bond donors (Lipinski definition) is 1. The van der Waals surface area contributed by atoms with Gasteiger partial charge in [0.05, 0.1) is 5.69 Å². The number of halogens is 1. The summed E-state index contributed by atoms with van der Waals surface area (Å²) in [7, 11) is 1.92. The highest BCUT2D eigenvalue weighted by Gasteiger charge is 2.20. The normalized spacial score (nSPS) is 10.8. The van der Waals surface area contributed by atoms with Crippen molar-refractivity contribution in [3.8, 4) is 0 Å². The number of aryl methyl sites for hydroxylation is 3. The number of nitrogens with one attached hydrogen (secondary N) is 1. The molecular formula is C24H25ClN2O2. The Balaban J connectivity index is 1.92. The van der Waals surface area contributed by atoms with Crippen LogP contribution >= 0.6 is 11.6 Å². The van der Waals surface area contributed by atoms with Crippen LogP contribution < -0.4 is 5.32 Å². The fraction of sp³-hybridized carbons (Fsp3) is 0.250. The standard InChI is InChI=1S/C24H25ClN2O2/c1-14-6-9-21(15(2)10-14)24(29)23-16(3)11-20(27(23)5)12-18-7-8-19(13-22(18)25)26-17(4)28/h6-11,13H,12H2,1-5H3,(H,26,28). The summed E-state index contributed by atoms with van der Waals surface area (Å²) in [4.78, 5) is 24.4. The average Bonchev–Trinajstić information content (AvgIpc) is 2.90. The molecule has 1 aromatic heterocycles. The van der Waals surface area contributed by atoms with Crippen molar-refractivity contribution >= 4 is 29.0 Å². The summed E-state index contributed by atoms with van der Waals surface area (Å²) >= 11 is 6.43. The van der Waals surface area contributed by atoms with Crippen molar-refractivity contribution in [3.05, 3.63) is 86.7 Å². The molecule has 0 atom stereocenters. The Bertz CT molecular complexity index is 1110. The van der Waals surface area contributed by atoms with Gasteiger partial charge in [0, 0.05) is 42.4 Å². The molecule has 0 fully saturated rings. The molecule has 0 bridgehead atoms. The van der Waals surface area contributed by atoms with Crippen LogP contribution in [0, 0.1) is 20.8 Å². The predicted molar refractivity (Wildman–Crippen MR) is 118 cm³/mol. The van der Waals surface area contributed by atoms with Crippen LogP contribution in [0.2, 0.25) is 5.02 Å². The van der Waals surface area contributed by atoms with E-state index >= 15 is 0 Å². The molecule has 0 spiro atoms. The van der Waals surface area contributed by atoms with Gasteiger partial charge in [-0.05, 0) is 55.7 Å². The van der Waals surface area contributed by atoms with Crippen molar-refractivity contribution in [2.24, 2.45) is 7.05 Å². The summed E-state index contributed by atoms with van der Waals surface area (Å²) < 4.78 is 1.95. The number of anilines is 1. The lowest BCUT2D eigenvalue weighted by Crippen LogP contribution is -2.12. The Hall–Kier alpha value is -2.85. The molecule has 5 heteroatoms. The maximum Gasteiger partial charge on any atom is 0.221 e. The molecule has 1 heterocycles. The molecule has 0 saturated carbocycles. The molecule has 4 nitrogen and oxygen atoms in total. The molecule has 3 aromatic rings. The minimum atomic E-state index is -0.138. The fourth-order valence-electron chi connectivity index (χ4n) is 3.69. The van der Waals surface area contributed by atoms with E-state index in [0.29, 0.717) is 22.8 Å². The van der Waals surface area contributed by atoms with Crippen LogP contribution in [0.1, 0.15) is 50.9 Å². The highest BCUT2D eigenvalue weighted by Crippen LogP contribution is 2.26. The zero-order valence-electron chi connectivity index (χ0n) is 17.4. The minimum absolute atomic E-state index is 0.0286. The topological polar surface area (TPSA) is 51.1 Å². The molecule has 0 aliphatic carbocycles. The lowest BCUT2D eigenvalue weighted by atomic mass is 9.99. The molecule has 29 heavy (non-hydrogen) atoms. The van der Waals surface area contributed by atoms with Gasteiger partial charge in [-0.3, -0.25) is 9.59 Å². The third-order valence-corrected chi connectivity index (χ3v) is 5.46. The summed E-state index contributed by atoms with van der Waals surface area (Å²) in [6.07, 6.45) is 0.594. The molecular weight excluding hydrogens is 384 g/mol. The lowest BCUT2D eigenvalue weighted by molar-refractivity contribution is -0.114. The van der Waals surface area contributed by atoms with Crippen molar-refractivity contribution in [1.29, 1.82) is 0 Å². The first-order chi connectivity index (χ1) is 13.7. The van der Waals surface area contributed by atoms with Gasteiger partial charge in [-0.25, -0.2) is 0 Å². The van der Waals surface area contributed by atoms with E-state index in [4.69, 9.17) is 11.6 Å². The van der Waals surface area contributed by atoms with Crippen LogP contribution in [0.15, 0.2) is 42.5 Å². The van der Waals surface area contributed by atoms with E-state index in [2.05, 4.69) is 5.32 Å². The smallest absolute Gasteiger partial charge is 0.221 e.